The second-order valence-corrected chi connectivity index (χ2v) is 8.61. The summed E-state index contributed by atoms with van der Waals surface area (Å²) in [6, 6.07) is 28.3. The van der Waals surface area contributed by atoms with Crippen LogP contribution in [0.4, 0.5) is 0 Å². The summed E-state index contributed by atoms with van der Waals surface area (Å²) in [4.78, 5) is 0. The van der Waals surface area contributed by atoms with Crippen LogP contribution in [-0.2, 0) is 0 Å². The van der Waals surface area contributed by atoms with Crippen molar-refractivity contribution >= 4 is 13.5 Å². The lowest BCUT2D eigenvalue weighted by atomic mass is 9.98. The van der Waals surface area contributed by atoms with Crippen LogP contribution in [0, 0.1) is 0 Å². The van der Waals surface area contributed by atoms with E-state index < -0.39 is 0 Å². The molecular formula is C24H21P. The molecule has 1 heteroatoms. The number of rotatable bonds is 3. The van der Waals surface area contributed by atoms with Gasteiger partial charge in [0.25, 0.3) is 0 Å². The first-order valence-electron chi connectivity index (χ1n) is 8.64. The van der Waals surface area contributed by atoms with Gasteiger partial charge in [-0.25, -0.2) is 0 Å². The average Bonchev–Trinajstić information content (AvgIpc) is 2.70. The van der Waals surface area contributed by atoms with E-state index in [2.05, 4.69) is 103 Å². The number of allylic oxidation sites excluding steroid dienone is 3. The molecule has 0 amide bonds. The van der Waals surface area contributed by atoms with E-state index in [1.54, 1.807) is 0 Å². The minimum atomic E-state index is 0.0696. The Morgan fingerprint density at radius 3 is 1.56 bits per heavy atom. The summed E-state index contributed by atoms with van der Waals surface area (Å²) in [5.74, 6) is 2.36. The first-order valence-corrected chi connectivity index (χ1v) is 10.7. The monoisotopic (exact) mass is 340 g/mol. The molecule has 0 fully saturated rings. The van der Waals surface area contributed by atoms with Gasteiger partial charge >= 0.3 is 0 Å². The summed E-state index contributed by atoms with van der Waals surface area (Å²) in [5, 5.41) is 0. The summed E-state index contributed by atoms with van der Waals surface area (Å²) in [5.41, 5.74) is 7.71. The highest BCUT2D eigenvalue weighted by Gasteiger charge is 2.06. The van der Waals surface area contributed by atoms with Crippen LogP contribution < -0.4 is 0 Å². The van der Waals surface area contributed by atoms with Crippen LogP contribution in [0.1, 0.15) is 5.56 Å². The third-order valence-electron chi connectivity index (χ3n) is 4.65. The summed E-state index contributed by atoms with van der Waals surface area (Å²) in [6.07, 6.45) is 5.85. The van der Waals surface area contributed by atoms with Gasteiger partial charge in [-0.1, -0.05) is 105 Å². The highest BCUT2D eigenvalue weighted by Crippen LogP contribution is 2.38. The number of benzene rings is 3. The van der Waals surface area contributed by atoms with Gasteiger partial charge in [-0.05, 0) is 46.2 Å². The molecule has 0 bridgehead atoms. The van der Waals surface area contributed by atoms with E-state index in [0.717, 1.165) is 0 Å². The molecule has 1 atom stereocenters. The van der Waals surface area contributed by atoms with Crippen LogP contribution in [0.5, 0.6) is 0 Å². The fourth-order valence-electron chi connectivity index (χ4n) is 3.13. The summed E-state index contributed by atoms with van der Waals surface area (Å²) >= 11 is 0. The maximum Gasteiger partial charge on any atom is -0.0103 e. The molecule has 1 unspecified atom stereocenters. The Bertz CT molecular complexity index is 901. The predicted octanol–water partition coefficient (Wildman–Crippen LogP) is 7.04. The van der Waals surface area contributed by atoms with E-state index in [1.165, 1.54) is 39.6 Å². The van der Waals surface area contributed by atoms with E-state index in [1.807, 2.05) is 0 Å². The second-order valence-electron chi connectivity index (χ2n) is 6.44. The number of hydrogen-bond donors (Lipinski definition) is 0. The summed E-state index contributed by atoms with van der Waals surface area (Å²) < 4.78 is 0. The van der Waals surface area contributed by atoms with Crippen LogP contribution in [0.25, 0.3) is 27.8 Å². The molecule has 1 aliphatic heterocycles. The van der Waals surface area contributed by atoms with E-state index >= 15 is 0 Å². The van der Waals surface area contributed by atoms with Gasteiger partial charge in [-0.2, -0.15) is 0 Å². The molecule has 0 N–H and O–H groups in total. The SMILES string of the molecule is CP1C=CC(c2ccc(-c3ccc(-c4ccccc4)cc3)cc2)=CC1. The van der Waals surface area contributed by atoms with Crippen molar-refractivity contribution in [2.45, 2.75) is 0 Å². The molecule has 0 radical (unpaired) electrons. The van der Waals surface area contributed by atoms with Crippen LogP contribution in [0.15, 0.2) is 96.8 Å². The maximum absolute atomic E-state index is 2.37. The molecular weight excluding hydrogens is 319 g/mol. The van der Waals surface area contributed by atoms with Crippen LogP contribution >= 0.6 is 7.92 Å². The van der Waals surface area contributed by atoms with Crippen LogP contribution in [-0.4, -0.2) is 12.8 Å². The van der Waals surface area contributed by atoms with Gasteiger partial charge in [-0.3, -0.25) is 0 Å². The van der Waals surface area contributed by atoms with Crippen molar-refractivity contribution < 1.29 is 0 Å². The first-order chi connectivity index (χ1) is 12.3. The van der Waals surface area contributed by atoms with Crippen molar-refractivity contribution in [3.05, 3.63) is 102 Å². The molecule has 4 rings (SSSR count). The van der Waals surface area contributed by atoms with Gasteiger partial charge in [0.15, 0.2) is 0 Å². The largest absolute Gasteiger partial charge is 0.0825 e. The Morgan fingerprint density at radius 2 is 1.08 bits per heavy atom. The van der Waals surface area contributed by atoms with E-state index in [9.17, 15) is 0 Å². The Labute approximate surface area is 151 Å². The molecule has 0 aromatic heterocycles. The third-order valence-corrected chi connectivity index (χ3v) is 6.07. The Morgan fingerprint density at radius 1 is 0.600 bits per heavy atom. The van der Waals surface area contributed by atoms with Gasteiger partial charge in [-0.15, -0.1) is 0 Å². The Kier molecular flexibility index (Phi) is 4.63. The lowest BCUT2D eigenvalue weighted by Gasteiger charge is -2.13. The average molecular weight is 340 g/mol. The van der Waals surface area contributed by atoms with E-state index in [0.29, 0.717) is 0 Å². The topological polar surface area (TPSA) is 0 Å². The Hall–Kier alpha value is -2.43. The lowest BCUT2D eigenvalue weighted by Crippen LogP contribution is -1.88. The molecule has 1 heterocycles. The molecule has 0 aliphatic carbocycles. The van der Waals surface area contributed by atoms with Crippen molar-refractivity contribution in [2.75, 3.05) is 12.8 Å². The fraction of sp³-hybridized carbons (Fsp3) is 0.0833. The van der Waals surface area contributed by atoms with Crippen molar-refractivity contribution in [2.24, 2.45) is 0 Å². The number of hydrogen-bond acceptors (Lipinski definition) is 0. The van der Waals surface area contributed by atoms with Crippen molar-refractivity contribution in [3.8, 4) is 22.3 Å². The smallest absolute Gasteiger partial charge is 0.0103 e. The van der Waals surface area contributed by atoms with Crippen molar-refractivity contribution in [1.29, 1.82) is 0 Å². The minimum Gasteiger partial charge on any atom is -0.0825 e. The van der Waals surface area contributed by atoms with Crippen LogP contribution in [0.2, 0.25) is 0 Å². The lowest BCUT2D eigenvalue weighted by molar-refractivity contribution is 1.56. The van der Waals surface area contributed by atoms with Crippen molar-refractivity contribution in [1.82, 2.24) is 0 Å². The highest BCUT2D eigenvalue weighted by molar-refractivity contribution is 7.60. The molecule has 3 aromatic rings. The quantitative estimate of drug-likeness (QED) is 0.448. The Balaban J connectivity index is 1.55. The zero-order valence-corrected chi connectivity index (χ0v) is 15.3. The molecule has 25 heavy (non-hydrogen) atoms. The summed E-state index contributed by atoms with van der Waals surface area (Å²) in [6.45, 7) is 2.32. The molecule has 122 valence electrons. The molecule has 0 spiro atoms. The summed E-state index contributed by atoms with van der Waals surface area (Å²) in [7, 11) is 0.0696. The second kappa shape index (κ2) is 7.21. The molecule has 0 saturated carbocycles. The molecule has 3 aromatic carbocycles. The van der Waals surface area contributed by atoms with Gasteiger partial charge in [0.2, 0.25) is 0 Å². The zero-order chi connectivity index (χ0) is 17.1. The van der Waals surface area contributed by atoms with Gasteiger partial charge < -0.3 is 0 Å². The van der Waals surface area contributed by atoms with Crippen LogP contribution in [0.3, 0.4) is 0 Å². The van der Waals surface area contributed by atoms with Gasteiger partial charge in [0.05, 0.1) is 0 Å². The fourth-order valence-corrected chi connectivity index (χ4v) is 4.16. The third kappa shape index (κ3) is 3.65. The molecule has 0 nitrogen and oxygen atoms in total. The van der Waals surface area contributed by atoms with Crippen molar-refractivity contribution in [3.63, 3.8) is 0 Å². The normalized spacial score (nSPS) is 16.5. The zero-order valence-electron chi connectivity index (χ0n) is 14.4. The van der Waals surface area contributed by atoms with E-state index in [-0.39, 0.29) is 7.92 Å². The predicted molar refractivity (Wildman–Crippen MR) is 112 cm³/mol. The van der Waals surface area contributed by atoms with E-state index in [4.69, 9.17) is 0 Å². The van der Waals surface area contributed by atoms with Gasteiger partial charge in [0.1, 0.15) is 0 Å². The first kappa shape index (κ1) is 16.1. The molecule has 0 saturated heterocycles. The molecule has 1 aliphatic rings. The minimum absolute atomic E-state index is 0.0696. The van der Waals surface area contributed by atoms with Gasteiger partial charge in [0, 0.05) is 0 Å². The standard InChI is InChI=1S/C24H21P/c1-25-17-15-24(16-18-25)23-13-11-22(12-14-23)21-9-7-20(8-10-21)19-5-3-2-4-6-19/h2-17H,18H2,1H3. The highest BCUT2D eigenvalue weighted by atomic mass is 31.1. The maximum atomic E-state index is 2.37.